The number of nitrogens with zero attached hydrogens (tertiary/aromatic N) is 1. The molecule has 0 fully saturated rings. The number of hydrogen-bond donors (Lipinski definition) is 1. The van der Waals surface area contributed by atoms with Crippen molar-refractivity contribution in [1.29, 1.82) is 0 Å². The van der Waals surface area contributed by atoms with E-state index in [1.54, 1.807) is 19.1 Å². The maximum atomic E-state index is 13.2. The first-order valence-electron chi connectivity index (χ1n) is 13.0. The highest BCUT2D eigenvalue weighted by Crippen LogP contribution is 2.34. The van der Waals surface area contributed by atoms with Crippen molar-refractivity contribution < 1.29 is 32.2 Å². The van der Waals surface area contributed by atoms with Gasteiger partial charge in [-0.05, 0) is 72.4 Å². The molecule has 0 saturated carbocycles. The average Bonchev–Trinajstić information content (AvgIpc) is 2.86. The summed E-state index contributed by atoms with van der Waals surface area (Å²) < 4.78 is 50.1. The lowest BCUT2D eigenvalue weighted by Crippen LogP contribution is -2.26. The molecule has 0 bridgehead atoms. The molecule has 1 N–H and O–H groups in total. The van der Waals surface area contributed by atoms with E-state index >= 15 is 0 Å². The van der Waals surface area contributed by atoms with Crippen LogP contribution in [0.25, 0.3) is 0 Å². The van der Waals surface area contributed by atoms with E-state index < -0.39 is 23.1 Å². The zero-order valence-electron chi connectivity index (χ0n) is 24.2. The number of carbonyl (C=O) groups is 2. The van der Waals surface area contributed by atoms with Crippen molar-refractivity contribution in [3.05, 3.63) is 53.1 Å². The summed E-state index contributed by atoms with van der Waals surface area (Å²) >= 11 is 0. The van der Waals surface area contributed by atoms with Gasteiger partial charge in [0.15, 0.2) is 0 Å². The standard InChI is InChI=1S/C30H41F3N2O4/c1-9-11-14-23(30(31,32)33)15-12-13-20(3)27(36)35-25-18-21(4)24(19-26(25)39-10-2)34-22(5)16-17-29(6,7)28(37)38-8/h12-15,18-19H,9-11,16-17H2,1-8H3,(H,35,36)/b15-12-,20-13+,23-14-,34-22?. The van der Waals surface area contributed by atoms with Crippen LogP contribution in [-0.2, 0) is 14.3 Å². The third-order valence-electron chi connectivity index (χ3n) is 5.97. The Kier molecular flexibility index (Phi) is 13.2. The molecular formula is C30H41F3N2O4. The van der Waals surface area contributed by atoms with Crippen molar-refractivity contribution in [2.24, 2.45) is 10.4 Å². The van der Waals surface area contributed by atoms with Crippen molar-refractivity contribution >= 4 is 29.0 Å². The summed E-state index contributed by atoms with van der Waals surface area (Å²) in [6.45, 7) is 12.9. The Hall–Kier alpha value is -3.36. The monoisotopic (exact) mass is 550 g/mol. The van der Waals surface area contributed by atoms with Crippen LogP contribution >= 0.6 is 0 Å². The number of hydrogen-bond acceptors (Lipinski definition) is 5. The van der Waals surface area contributed by atoms with E-state index in [0.29, 0.717) is 49.4 Å². The number of amides is 1. The third kappa shape index (κ3) is 11.1. The smallest absolute Gasteiger partial charge is 0.416 e. The maximum absolute atomic E-state index is 13.2. The number of anilines is 1. The van der Waals surface area contributed by atoms with Crippen molar-refractivity contribution in [3.63, 3.8) is 0 Å². The van der Waals surface area contributed by atoms with Gasteiger partial charge in [0, 0.05) is 17.4 Å². The van der Waals surface area contributed by atoms with Gasteiger partial charge >= 0.3 is 12.1 Å². The van der Waals surface area contributed by atoms with E-state index in [1.165, 1.54) is 26.2 Å². The number of carbonyl (C=O) groups excluding carboxylic acids is 2. The van der Waals surface area contributed by atoms with Gasteiger partial charge in [-0.3, -0.25) is 14.6 Å². The van der Waals surface area contributed by atoms with Gasteiger partial charge in [0.25, 0.3) is 5.91 Å². The molecule has 0 radical (unpaired) electrons. The lowest BCUT2D eigenvalue weighted by molar-refractivity contribution is -0.151. The van der Waals surface area contributed by atoms with Crippen molar-refractivity contribution in [2.75, 3.05) is 19.0 Å². The quantitative estimate of drug-likeness (QED) is 0.116. The van der Waals surface area contributed by atoms with E-state index in [2.05, 4.69) is 5.32 Å². The number of aliphatic imine (C=N–C) groups is 1. The molecule has 9 heteroatoms. The highest BCUT2D eigenvalue weighted by Gasteiger charge is 2.31. The summed E-state index contributed by atoms with van der Waals surface area (Å²) in [6.07, 6.45) is 2.28. The molecule has 39 heavy (non-hydrogen) atoms. The SMILES string of the molecule is CCC/C=C(/C=C\C=C(/C)C(=O)Nc1cc(C)c(N=C(C)CCC(C)(C)C(=O)OC)cc1OCC)C(F)(F)F. The van der Waals surface area contributed by atoms with Gasteiger partial charge in [-0.25, -0.2) is 0 Å². The van der Waals surface area contributed by atoms with Crippen molar-refractivity contribution in [2.45, 2.75) is 80.3 Å². The molecule has 0 unspecified atom stereocenters. The minimum absolute atomic E-state index is 0.231. The summed E-state index contributed by atoms with van der Waals surface area (Å²) in [5, 5.41) is 2.78. The number of esters is 1. The summed E-state index contributed by atoms with van der Waals surface area (Å²) in [6, 6.07) is 3.47. The van der Waals surface area contributed by atoms with Crippen LogP contribution in [0.2, 0.25) is 0 Å². The van der Waals surface area contributed by atoms with Gasteiger partial charge < -0.3 is 14.8 Å². The molecule has 216 valence electrons. The van der Waals surface area contributed by atoms with Gasteiger partial charge in [-0.2, -0.15) is 13.2 Å². The number of benzene rings is 1. The van der Waals surface area contributed by atoms with Crippen LogP contribution in [0.4, 0.5) is 24.5 Å². The number of methoxy groups -OCH3 is 1. The molecule has 1 amide bonds. The molecule has 0 atom stereocenters. The second-order valence-electron chi connectivity index (χ2n) is 9.90. The molecule has 6 nitrogen and oxygen atoms in total. The number of ether oxygens (including phenoxy) is 2. The fourth-order valence-corrected chi connectivity index (χ4v) is 3.47. The van der Waals surface area contributed by atoms with Crippen molar-refractivity contribution in [3.8, 4) is 5.75 Å². The average molecular weight is 551 g/mol. The molecule has 0 heterocycles. The molecule has 0 saturated heterocycles. The number of unbranched alkanes of at least 4 members (excludes halogenated alkanes) is 1. The second-order valence-corrected chi connectivity index (χ2v) is 9.90. The molecule has 0 aliphatic heterocycles. The van der Waals surface area contributed by atoms with E-state index in [1.807, 2.05) is 34.6 Å². The topological polar surface area (TPSA) is 77.0 Å². The Balaban J connectivity index is 3.12. The Morgan fingerprint density at radius 2 is 1.79 bits per heavy atom. The van der Waals surface area contributed by atoms with E-state index in [-0.39, 0.29) is 11.5 Å². The first-order chi connectivity index (χ1) is 18.2. The fourth-order valence-electron chi connectivity index (χ4n) is 3.47. The molecule has 0 aromatic heterocycles. The second kappa shape index (κ2) is 15.3. The summed E-state index contributed by atoms with van der Waals surface area (Å²) in [5.41, 5.74) is 1.56. The summed E-state index contributed by atoms with van der Waals surface area (Å²) in [5.74, 6) is -0.328. The Morgan fingerprint density at radius 3 is 2.36 bits per heavy atom. The zero-order chi connectivity index (χ0) is 29.8. The summed E-state index contributed by atoms with van der Waals surface area (Å²) in [7, 11) is 1.37. The Bertz CT molecular complexity index is 1130. The molecular weight excluding hydrogens is 509 g/mol. The van der Waals surface area contributed by atoms with Gasteiger partial charge in [-0.1, -0.05) is 37.6 Å². The predicted octanol–water partition coefficient (Wildman–Crippen LogP) is 8.20. The molecule has 0 spiro atoms. The minimum Gasteiger partial charge on any atom is -0.492 e. The van der Waals surface area contributed by atoms with Gasteiger partial charge in [0.2, 0.25) is 0 Å². The minimum atomic E-state index is -4.46. The number of nitrogens with one attached hydrogen (secondary N) is 1. The van der Waals surface area contributed by atoms with Gasteiger partial charge in [0.1, 0.15) is 5.75 Å². The first kappa shape index (κ1) is 33.7. The first-order valence-corrected chi connectivity index (χ1v) is 13.0. The third-order valence-corrected chi connectivity index (χ3v) is 5.97. The van der Waals surface area contributed by atoms with Crippen LogP contribution in [0.1, 0.15) is 72.8 Å². The molecule has 0 aliphatic carbocycles. The van der Waals surface area contributed by atoms with E-state index in [9.17, 15) is 22.8 Å². The summed E-state index contributed by atoms with van der Waals surface area (Å²) in [4.78, 5) is 29.4. The molecule has 1 aromatic rings. The molecule has 1 aromatic carbocycles. The highest BCUT2D eigenvalue weighted by atomic mass is 19.4. The van der Waals surface area contributed by atoms with Crippen LogP contribution in [0.3, 0.4) is 0 Å². The number of alkyl halides is 3. The predicted molar refractivity (Wildman–Crippen MR) is 151 cm³/mol. The van der Waals surface area contributed by atoms with Gasteiger partial charge in [0.05, 0.1) is 36.1 Å². The van der Waals surface area contributed by atoms with Crippen LogP contribution in [0.15, 0.2) is 52.6 Å². The van der Waals surface area contributed by atoms with Crippen molar-refractivity contribution in [1.82, 2.24) is 0 Å². The largest absolute Gasteiger partial charge is 0.492 e. The van der Waals surface area contributed by atoms with Crippen LogP contribution < -0.4 is 10.1 Å². The number of aryl methyl sites for hydroxylation is 1. The molecule has 0 aliphatic rings. The van der Waals surface area contributed by atoms with Crippen LogP contribution in [0.5, 0.6) is 5.75 Å². The zero-order valence-corrected chi connectivity index (χ0v) is 24.2. The van der Waals surface area contributed by atoms with E-state index in [0.717, 1.165) is 23.4 Å². The Morgan fingerprint density at radius 1 is 1.13 bits per heavy atom. The number of allylic oxidation sites excluding steroid dienone is 5. The number of halogens is 3. The lowest BCUT2D eigenvalue weighted by atomic mass is 9.87. The molecule has 1 rings (SSSR count). The fraction of sp³-hybridized carbons (Fsp3) is 0.500. The van der Waals surface area contributed by atoms with Crippen LogP contribution in [-0.4, -0.2) is 37.5 Å². The van der Waals surface area contributed by atoms with E-state index in [4.69, 9.17) is 14.5 Å². The maximum Gasteiger partial charge on any atom is 0.416 e. The highest BCUT2D eigenvalue weighted by molar-refractivity contribution is 6.04. The normalized spacial score (nSPS) is 13.6. The Labute approximate surface area is 230 Å². The van der Waals surface area contributed by atoms with Gasteiger partial charge in [-0.15, -0.1) is 0 Å². The lowest BCUT2D eigenvalue weighted by Gasteiger charge is -2.21. The van der Waals surface area contributed by atoms with Crippen LogP contribution in [0, 0.1) is 12.3 Å². The number of rotatable bonds is 13.